The molecule has 1 aliphatic heterocycles. The molecule has 11 rings (SSSR count). The zero-order chi connectivity index (χ0) is 45.3. The second kappa shape index (κ2) is 16.8. The van der Waals surface area contributed by atoms with E-state index in [4.69, 9.17) is 4.74 Å². The molecule has 2 aliphatic carbocycles. The monoisotopic (exact) mass is 880 g/mol. The summed E-state index contributed by atoms with van der Waals surface area (Å²) in [5.74, 6) is 2.38. The van der Waals surface area contributed by atoms with Crippen LogP contribution in [0, 0.1) is 23.2 Å². The Bertz CT molecular complexity index is 3310. The van der Waals surface area contributed by atoms with Gasteiger partial charge in [0.15, 0.2) is 0 Å². The van der Waals surface area contributed by atoms with Gasteiger partial charge in [0.25, 0.3) is 0 Å². The van der Waals surface area contributed by atoms with Crippen molar-refractivity contribution in [3.63, 3.8) is 0 Å². The average Bonchev–Trinajstić information content (AvgIpc) is 4.00. The standard InChI is InChI=1S/C62H60N2OS/c1-8-10-20-39(3)63-51-26-15-13-24-49(51)59-52(63)27-17-28-53(59)64(46-34-32-43(33-35-46)45-31-30-42-21-11-12-22-44(42)37-45)54-38-50-57(58-40(4)55(19-9-2)65-60(54)58)41(5)61-48(25-18-36-62(50,6)7)47-23-14-16-29-56(47)66-61/h8-35,37,41,50,54,57-58,60H,36,38H2,1-7H3/b10-8-,19-9-,25-18-,39-20+/t41?,50?,54-,57?,58?,60?/m1/s1. The molecule has 0 amide bonds. The Hall–Kier alpha value is -6.36. The van der Waals surface area contributed by atoms with Crippen LogP contribution < -0.4 is 4.90 Å². The molecule has 3 aliphatic rings. The topological polar surface area (TPSA) is 17.4 Å². The van der Waals surface area contributed by atoms with Crippen molar-refractivity contribution in [2.45, 2.75) is 79.4 Å². The smallest absolute Gasteiger partial charge is 0.126 e. The van der Waals surface area contributed by atoms with Gasteiger partial charge in [0, 0.05) is 37.7 Å². The number of thiophene rings is 1. The van der Waals surface area contributed by atoms with Crippen molar-refractivity contribution in [3.8, 4) is 11.1 Å². The van der Waals surface area contributed by atoms with E-state index in [0.29, 0.717) is 17.8 Å². The van der Waals surface area contributed by atoms with Crippen LogP contribution in [0.5, 0.6) is 0 Å². The van der Waals surface area contributed by atoms with Crippen LogP contribution in [0.4, 0.5) is 11.4 Å². The number of rotatable bonds is 7. The summed E-state index contributed by atoms with van der Waals surface area (Å²) < 4.78 is 11.3. The maximum absolute atomic E-state index is 7.51. The fourth-order valence-electron chi connectivity index (χ4n) is 12.4. The molecule has 3 nitrogen and oxygen atoms in total. The zero-order valence-electron chi connectivity index (χ0n) is 39.3. The number of allylic oxidation sites excluding steroid dienone is 7. The summed E-state index contributed by atoms with van der Waals surface area (Å²) in [7, 11) is 0. The lowest BCUT2D eigenvalue weighted by Crippen LogP contribution is -2.56. The number of nitrogens with zero attached hydrogens (tertiary/aromatic N) is 2. The van der Waals surface area contributed by atoms with Crippen LogP contribution in [0.3, 0.4) is 0 Å². The largest absolute Gasteiger partial charge is 0.488 e. The fourth-order valence-corrected chi connectivity index (χ4v) is 13.7. The molecule has 0 N–H and O–H groups in total. The van der Waals surface area contributed by atoms with Gasteiger partial charge >= 0.3 is 0 Å². The Kier molecular flexibility index (Phi) is 10.8. The highest BCUT2D eigenvalue weighted by atomic mass is 32.1. The van der Waals surface area contributed by atoms with Gasteiger partial charge in [-0.1, -0.05) is 142 Å². The van der Waals surface area contributed by atoms with Crippen molar-refractivity contribution in [3.05, 3.63) is 192 Å². The minimum atomic E-state index is -0.0673. The van der Waals surface area contributed by atoms with E-state index in [-0.39, 0.29) is 23.5 Å². The average molecular weight is 881 g/mol. The van der Waals surface area contributed by atoms with E-state index in [9.17, 15) is 0 Å². The van der Waals surface area contributed by atoms with Crippen molar-refractivity contribution in [1.82, 2.24) is 4.57 Å². The van der Waals surface area contributed by atoms with Gasteiger partial charge in [-0.3, -0.25) is 0 Å². The lowest BCUT2D eigenvalue weighted by atomic mass is 9.54. The van der Waals surface area contributed by atoms with E-state index < -0.39 is 0 Å². The second-order valence-electron chi connectivity index (χ2n) is 19.7. The molecule has 0 spiro atoms. The van der Waals surface area contributed by atoms with Crippen molar-refractivity contribution in [2.75, 3.05) is 4.90 Å². The molecule has 0 saturated heterocycles. The van der Waals surface area contributed by atoms with Crippen LogP contribution in [-0.4, -0.2) is 16.7 Å². The van der Waals surface area contributed by atoms with E-state index in [1.165, 1.54) is 86.9 Å². The SMILES string of the molecule is C/C=C\C=C(/C)n1c2ccccc2c2c(N(c3ccc(-c4ccc5ccccc5c4)cc3)[C@@H]3CC4C(C(C)c5sc6ccccc6c5/C=C\CC4(C)C)C4C(C)=C(/C=C\C)OC43)cccc21. The molecule has 4 heteroatoms. The molecule has 8 aromatic rings. The van der Waals surface area contributed by atoms with E-state index in [0.717, 1.165) is 18.6 Å². The number of hydrogen-bond acceptors (Lipinski definition) is 3. The lowest BCUT2D eigenvalue weighted by molar-refractivity contribution is -0.0328. The number of fused-ring (bicyclic) bond motifs is 10. The Morgan fingerprint density at radius 3 is 2.32 bits per heavy atom. The van der Waals surface area contributed by atoms with Crippen LogP contribution in [0.2, 0.25) is 0 Å². The van der Waals surface area contributed by atoms with Gasteiger partial charge < -0.3 is 14.2 Å². The minimum absolute atomic E-state index is 0.0224. The highest BCUT2D eigenvalue weighted by Crippen LogP contribution is 2.60. The quantitative estimate of drug-likeness (QED) is 0.148. The first-order valence-electron chi connectivity index (χ1n) is 24.1. The fraction of sp³-hybridized carbons (Fsp3) is 0.258. The maximum atomic E-state index is 7.51. The third kappa shape index (κ3) is 6.91. The van der Waals surface area contributed by atoms with Gasteiger partial charge in [0.05, 0.1) is 22.8 Å². The summed E-state index contributed by atoms with van der Waals surface area (Å²) >= 11 is 2.01. The first-order valence-corrected chi connectivity index (χ1v) is 24.9. The van der Waals surface area contributed by atoms with Crippen molar-refractivity contribution >= 4 is 77.1 Å². The number of hydrogen-bond donors (Lipinski definition) is 0. The molecule has 1 fully saturated rings. The first-order chi connectivity index (χ1) is 32.2. The van der Waals surface area contributed by atoms with E-state index in [1.54, 1.807) is 0 Å². The van der Waals surface area contributed by atoms with E-state index in [2.05, 4.69) is 234 Å². The van der Waals surface area contributed by atoms with Gasteiger partial charge in [-0.2, -0.15) is 0 Å². The zero-order valence-corrected chi connectivity index (χ0v) is 40.1. The van der Waals surface area contributed by atoms with Crippen LogP contribution in [-0.2, 0) is 4.74 Å². The van der Waals surface area contributed by atoms with Gasteiger partial charge in [-0.05, 0) is 157 Å². The Labute approximate surface area is 394 Å². The Morgan fingerprint density at radius 2 is 1.52 bits per heavy atom. The predicted octanol–water partition coefficient (Wildman–Crippen LogP) is 17.5. The number of anilines is 2. The summed E-state index contributed by atoms with van der Waals surface area (Å²) in [4.78, 5) is 4.24. The number of para-hydroxylation sites is 1. The molecular weight excluding hydrogens is 821 g/mol. The second-order valence-corrected chi connectivity index (χ2v) is 20.8. The number of benzene rings is 6. The molecule has 0 bridgehead atoms. The molecule has 6 atom stereocenters. The third-order valence-corrected chi connectivity index (χ3v) is 16.9. The maximum Gasteiger partial charge on any atom is 0.126 e. The molecule has 2 aromatic heterocycles. The lowest BCUT2D eigenvalue weighted by Gasteiger charge is -2.54. The van der Waals surface area contributed by atoms with Crippen LogP contribution >= 0.6 is 11.3 Å². The molecular formula is C62H60N2OS. The summed E-state index contributed by atoms with van der Waals surface area (Å²) in [5.41, 5.74) is 11.3. The van der Waals surface area contributed by atoms with Crippen molar-refractivity contribution in [2.24, 2.45) is 23.2 Å². The Morgan fingerprint density at radius 1 is 0.788 bits per heavy atom. The van der Waals surface area contributed by atoms with Crippen LogP contribution in [0.1, 0.15) is 77.7 Å². The molecule has 3 heterocycles. The third-order valence-electron chi connectivity index (χ3n) is 15.5. The molecule has 6 aromatic carbocycles. The van der Waals surface area contributed by atoms with Crippen LogP contribution in [0.15, 0.2) is 181 Å². The summed E-state index contributed by atoms with van der Waals surface area (Å²) in [5, 5.41) is 6.43. The number of aromatic nitrogens is 1. The first kappa shape index (κ1) is 42.3. The normalized spacial score (nSPS) is 23.5. The van der Waals surface area contributed by atoms with Crippen LogP contribution in [0.25, 0.3) is 65.6 Å². The predicted molar refractivity (Wildman–Crippen MR) is 285 cm³/mol. The van der Waals surface area contributed by atoms with Gasteiger partial charge in [0.1, 0.15) is 11.9 Å². The van der Waals surface area contributed by atoms with Gasteiger partial charge in [-0.25, -0.2) is 0 Å². The van der Waals surface area contributed by atoms with Gasteiger partial charge in [-0.15, -0.1) is 11.3 Å². The molecule has 0 radical (unpaired) electrons. The highest BCUT2D eigenvalue weighted by molar-refractivity contribution is 7.19. The van der Waals surface area contributed by atoms with E-state index in [1.807, 2.05) is 11.3 Å². The molecule has 1 saturated carbocycles. The van der Waals surface area contributed by atoms with Crippen molar-refractivity contribution < 1.29 is 4.74 Å². The van der Waals surface area contributed by atoms with Crippen molar-refractivity contribution in [1.29, 1.82) is 0 Å². The number of ether oxygens (including phenoxy) is 1. The summed E-state index contributed by atoms with van der Waals surface area (Å²) in [6.07, 6.45) is 17.8. The van der Waals surface area contributed by atoms with E-state index >= 15 is 0 Å². The summed E-state index contributed by atoms with van der Waals surface area (Å²) in [6.45, 7) is 16.5. The minimum Gasteiger partial charge on any atom is -0.488 e. The van der Waals surface area contributed by atoms with Gasteiger partial charge in [0.2, 0.25) is 0 Å². The summed E-state index contributed by atoms with van der Waals surface area (Å²) in [6, 6.07) is 50.0. The molecule has 330 valence electrons. The Balaban J connectivity index is 1.14. The molecule has 5 unspecified atom stereocenters. The highest BCUT2D eigenvalue weighted by Gasteiger charge is 2.57. The molecule has 66 heavy (non-hydrogen) atoms.